The Kier molecular flexibility index (Phi) is 4.00. The Morgan fingerprint density at radius 1 is 1.47 bits per heavy atom. The summed E-state index contributed by atoms with van der Waals surface area (Å²) in [5.41, 5.74) is 0. The first kappa shape index (κ1) is 11.8. The molecule has 0 amide bonds. The van der Waals surface area contributed by atoms with E-state index in [0.29, 0.717) is 4.75 Å². The molecule has 88 valence electrons. The van der Waals surface area contributed by atoms with Crippen LogP contribution >= 0.6 is 11.8 Å². The molecule has 2 rings (SSSR count). The maximum Gasteiger partial charge on any atom is 0.0285 e. The highest BCUT2D eigenvalue weighted by molar-refractivity contribution is 8.00. The molecular formula is C13H25NS. The summed E-state index contributed by atoms with van der Waals surface area (Å²) < 4.78 is 0.533. The van der Waals surface area contributed by atoms with Gasteiger partial charge in [-0.05, 0) is 50.8 Å². The highest BCUT2D eigenvalue weighted by Crippen LogP contribution is 2.43. The lowest BCUT2D eigenvalue weighted by Crippen LogP contribution is -2.45. The van der Waals surface area contributed by atoms with Gasteiger partial charge >= 0.3 is 0 Å². The van der Waals surface area contributed by atoms with Gasteiger partial charge in [-0.3, -0.25) is 0 Å². The predicted octanol–water partition coefficient (Wildman–Crippen LogP) is 3.44. The van der Waals surface area contributed by atoms with Gasteiger partial charge in [-0.1, -0.05) is 19.8 Å². The first-order valence-corrected chi connectivity index (χ1v) is 7.60. The Balaban J connectivity index is 1.84. The molecule has 2 atom stereocenters. The van der Waals surface area contributed by atoms with Gasteiger partial charge in [0.15, 0.2) is 0 Å². The molecule has 2 aliphatic rings. The smallest absolute Gasteiger partial charge is 0.0285 e. The minimum Gasteiger partial charge on any atom is -0.313 e. The summed E-state index contributed by atoms with van der Waals surface area (Å²) in [6, 6.07) is 0.760. The van der Waals surface area contributed by atoms with E-state index in [1.165, 1.54) is 44.3 Å². The first-order chi connectivity index (χ1) is 7.24. The van der Waals surface area contributed by atoms with E-state index in [1.807, 2.05) is 0 Å². The van der Waals surface area contributed by atoms with Crippen LogP contribution in [0.15, 0.2) is 0 Å². The molecule has 1 aliphatic carbocycles. The minimum absolute atomic E-state index is 0.533. The lowest BCUT2D eigenvalue weighted by molar-refractivity contribution is 0.373. The van der Waals surface area contributed by atoms with Gasteiger partial charge in [-0.25, -0.2) is 0 Å². The minimum atomic E-state index is 0.533. The zero-order chi connectivity index (χ0) is 10.7. The number of hydrogen-bond acceptors (Lipinski definition) is 2. The summed E-state index contributed by atoms with van der Waals surface area (Å²) in [7, 11) is 0. The first-order valence-electron chi connectivity index (χ1n) is 6.62. The normalized spacial score (nSPS) is 33.2. The monoisotopic (exact) mass is 227 g/mol. The lowest BCUT2D eigenvalue weighted by Gasteiger charge is -2.34. The zero-order valence-electron chi connectivity index (χ0n) is 10.2. The zero-order valence-corrected chi connectivity index (χ0v) is 11.0. The molecule has 1 saturated heterocycles. The third-order valence-electron chi connectivity index (χ3n) is 4.00. The molecule has 0 radical (unpaired) electrons. The molecule has 2 heteroatoms. The summed E-state index contributed by atoms with van der Waals surface area (Å²) in [6.45, 7) is 5.85. The van der Waals surface area contributed by atoms with E-state index in [9.17, 15) is 0 Å². The van der Waals surface area contributed by atoms with E-state index in [2.05, 4.69) is 30.9 Å². The molecule has 0 aromatic heterocycles. The van der Waals surface area contributed by atoms with Crippen LogP contribution in [0.2, 0.25) is 0 Å². The molecule has 15 heavy (non-hydrogen) atoms. The van der Waals surface area contributed by atoms with Crippen molar-refractivity contribution in [3.8, 4) is 0 Å². The fraction of sp³-hybridized carbons (Fsp3) is 1.00. The summed E-state index contributed by atoms with van der Waals surface area (Å²) in [5.74, 6) is 2.46. The number of rotatable bonds is 6. The topological polar surface area (TPSA) is 12.0 Å². The SMILES string of the molecule is CCNC(CCC1CC1)C1(C)CCCS1. The lowest BCUT2D eigenvalue weighted by atomic mass is 9.91. The second-order valence-corrected chi connectivity index (χ2v) is 7.03. The standard InChI is InChI=1S/C13H25NS/c1-3-14-12(8-7-11-5-6-11)13(2)9-4-10-15-13/h11-12,14H,3-10H2,1-2H3. The summed E-state index contributed by atoms with van der Waals surface area (Å²) in [6.07, 6.45) is 8.72. The molecule has 0 aromatic rings. The van der Waals surface area contributed by atoms with Gasteiger partial charge in [0.2, 0.25) is 0 Å². The molecule has 0 bridgehead atoms. The molecule has 2 unspecified atom stereocenters. The van der Waals surface area contributed by atoms with E-state index >= 15 is 0 Å². The van der Waals surface area contributed by atoms with Gasteiger partial charge in [0.1, 0.15) is 0 Å². The maximum atomic E-state index is 3.73. The molecule has 1 heterocycles. The van der Waals surface area contributed by atoms with Crippen molar-refractivity contribution in [2.45, 2.75) is 63.2 Å². The van der Waals surface area contributed by atoms with Gasteiger partial charge in [0, 0.05) is 10.8 Å². The van der Waals surface area contributed by atoms with E-state index in [1.54, 1.807) is 0 Å². The second-order valence-electron chi connectivity index (χ2n) is 5.40. The van der Waals surface area contributed by atoms with Crippen LogP contribution in [0.4, 0.5) is 0 Å². The fourth-order valence-electron chi connectivity index (χ4n) is 2.75. The highest BCUT2D eigenvalue weighted by atomic mass is 32.2. The van der Waals surface area contributed by atoms with Crippen molar-refractivity contribution in [1.29, 1.82) is 0 Å². The average molecular weight is 227 g/mol. The van der Waals surface area contributed by atoms with E-state index < -0.39 is 0 Å². The molecule has 1 N–H and O–H groups in total. The van der Waals surface area contributed by atoms with Crippen LogP contribution in [0.1, 0.15) is 52.4 Å². The van der Waals surface area contributed by atoms with Crippen molar-refractivity contribution in [3.05, 3.63) is 0 Å². The van der Waals surface area contributed by atoms with Crippen LogP contribution in [0, 0.1) is 5.92 Å². The number of thioether (sulfide) groups is 1. The Morgan fingerprint density at radius 3 is 2.80 bits per heavy atom. The maximum absolute atomic E-state index is 3.73. The van der Waals surface area contributed by atoms with Gasteiger partial charge in [0.05, 0.1) is 0 Å². The third kappa shape index (κ3) is 3.13. The summed E-state index contributed by atoms with van der Waals surface area (Å²) >= 11 is 2.20. The molecular weight excluding hydrogens is 202 g/mol. The van der Waals surface area contributed by atoms with Crippen LogP contribution in [0.25, 0.3) is 0 Å². The van der Waals surface area contributed by atoms with Crippen molar-refractivity contribution < 1.29 is 0 Å². The Hall–Kier alpha value is 0.310. The Labute approximate surface area is 98.8 Å². The van der Waals surface area contributed by atoms with Gasteiger partial charge < -0.3 is 5.32 Å². The van der Waals surface area contributed by atoms with Crippen LogP contribution in [0.5, 0.6) is 0 Å². The van der Waals surface area contributed by atoms with Gasteiger partial charge in [0.25, 0.3) is 0 Å². The van der Waals surface area contributed by atoms with Crippen LogP contribution < -0.4 is 5.32 Å². The predicted molar refractivity (Wildman–Crippen MR) is 69.5 cm³/mol. The number of nitrogens with one attached hydrogen (secondary N) is 1. The van der Waals surface area contributed by atoms with Crippen LogP contribution in [-0.4, -0.2) is 23.1 Å². The van der Waals surface area contributed by atoms with Crippen molar-refractivity contribution in [2.24, 2.45) is 5.92 Å². The molecule has 2 fully saturated rings. The van der Waals surface area contributed by atoms with Gasteiger partial charge in [-0.2, -0.15) is 11.8 Å². The number of hydrogen-bond donors (Lipinski definition) is 1. The third-order valence-corrected chi connectivity index (χ3v) is 5.64. The molecule has 1 saturated carbocycles. The van der Waals surface area contributed by atoms with Crippen molar-refractivity contribution in [2.75, 3.05) is 12.3 Å². The van der Waals surface area contributed by atoms with Crippen molar-refractivity contribution >= 4 is 11.8 Å². The average Bonchev–Trinajstić information content (AvgIpc) is 2.95. The van der Waals surface area contributed by atoms with E-state index in [-0.39, 0.29) is 0 Å². The summed E-state index contributed by atoms with van der Waals surface area (Å²) in [4.78, 5) is 0. The molecule has 0 spiro atoms. The largest absolute Gasteiger partial charge is 0.313 e. The van der Waals surface area contributed by atoms with Gasteiger partial charge in [-0.15, -0.1) is 0 Å². The van der Waals surface area contributed by atoms with Crippen molar-refractivity contribution in [1.82, 2.24) is 5.32 Å². The van der Waals surface area contributed by atoms with Crippen LogP contribution in [-0.2, 0) is 0 Å². The van der Waals surface area contributed by atoms with Crippen LogP contribution in [0.3, 0.4) is 0 Å². The molecule has 1 nitrogen and oxygen atoms in total. The fourth-order valence-corrected chi connectivity index (χ4v) is 4.20. The Morgan fingerprint density at radius 2 is 2.27 bits per heavy atom. The summed E-state index contributed by atoms with van der Waals surface area (Å²) in [5, 5.41) is 3.73. The van der Waals surface area contributed by atoms with Crippen molar-refractivity contribution in [3.63, 3.8) is 0 Å². The second kappa shape index (κ2) is 5.09. The Bertz CT molecular complexity index is 195. The molecule has 1 aliphatic heterocycles. The molecule has 0 aromatic carbocycles. The van der Waals surface area contributed by atoms with E-state index in [4.69, 9.17) is 0 Å². The quantitative estimate of drug-likeness (QED) is 0.746. The van der Waals surface area contributed by atoms with E-state index in [0.717, 1.165) is 18.5 Å². The highest BCUT2D eigenvalue weighted by Gasteiger charge is 2.37.